The van der Waals surface area contributed by atoms with Crippen LogP contribution >= 0.6 is 15.6 Å². The van der Waals surface area contributed by atoms with E-state index in [1.165, 1.54) is 95.3 Å². The Labute approximate surface area is 455 Å². The number of ketones is 1. The minimum absolute atomic E-state index is 0.0792. The number of rotatable bonds is 28. The number of carbonyl (C=O) groups excluding carboxylic acids is 3. The monoisotopic (exact) mass is 1130 g/mol. The van der Waals surface area contributed by atoms with E-state index in [2.05, 4.69) is 23.1 Å². The predicted molar refractivity (Wildman–Crippen MR) is 290 cm³/mol. The van der Waals surface area contributed by atoms with Gasteiger partial charge in [0.1, 0.15) is 36.6 Å². The second kappa shape index (κ2) is 37.7. The van der Waals surface area contributed by atoms with Crippen LogP contribution in [0.3, 0.4) is 0 Å². The van der Waals surface area contributed by atoms with Crippen molar-refractivity contribution >= 4 is 39.2 Å². The summed E-state index contributed by atoms with van der Waals surface area (Å²) in [7, 11) is -11.3. The highest BCUT2D eigenvalue weighted by molar-refractivity contribution is 7.61. The summed E-state index contributed by atoms with van der Waals surface area (Å²) in [5, 5.41) is 45.5. The van der Waals surface area contributed by atoms with Gasteiger partial charge < -0.3 is 50.2 Å². The Balaban J connectivity index is 1.67. The predicted octanol–water partition coefficient (Wildman–Crippen LogP) is 9.01. The molecule has 1 fully saturated rings. The molecular formula is C54H93N3O18P2. The van der Waals surface area contributed by atoms with Crippen LogP contribution in [-0.2, 0) is 51.1 Å². The summed E-state index contributed by atoms with van der Waals surface area (Å²) in [5.74, 6) is -4.31. The van der Waals surface area contributed by atoms with E-state index >= 15 is 0 Å². The van der Waals surface area contributed by atoms with E-state index in [9.17, 15) is 58.5 Å². The number of aliphatic hydroxyl groups excluding tert-OH is 4. The molecule has 1 aromatic rings. The van der Waals surface area contributed by atoms with E-state index in [1.807, 2.05) is 6.92 Å². The third-order valence-corrected chi connectivity index (χ3v) is 16.4. The van der Waals surface area contributed by atoms with E-state index in [-0.39, 0.29) is 37.9 Å². The van der Waals surface area contributed by atoms with Gasteiger partial charge in [-0.25, -0.2) is 13.9 Å². The number of ether oxygens (including phenoxy) is 3. The molecule has 2 unspecified atom stereocenters. The molecule has 77 heavy (non-hydrogen) atoms. The number of nitrogen functional groups attached to an aromatic ring is 1. The molecule has 0 saturated carbocycles. The average Bonchev–Trinajstić information content (AvgIpc) is 3.36. The molecule has 2 aliphatic heterocycles. The molecule has 0 radical (unpaired) electrons. The molecule has 0 amide bonds. The van der Waals surface area contributed by atoms with Crippen molar-refractivity contribution in [1.82, 2.24) is 9.55 Å². The van der Waals surface area contributed by atoms with Crippen LogP contribution in [0.1, 0.15) is 200 Å². The second-order valence-corrected chi connectivity index (χ2v) is 24.1. The third kappa shape index (κ3) is 28.7. The lowest BCUT2D eigenvalue weighted by Crippen LogP contribution is -2.51. The number of esters is 2. The summed E-state index contributed by atoms with van der Waals surface area (Å²) in [6.07, 6.45) is 17.3. The van der Waals surface area contributed by atoms with Crippen LogP contribution in [0.5, 0.6) is 0 Å². The molecule has 1 aromatic heterocycles. The number of Topliss-reactive ketones (excluding diaryl/α,β-unsaturated/α-hetero) is 1. The molecular weight excluding hydrogens is 1040 g/mol. The lowest BCUT2D eigenvalue weighted by atomic mass is 9.83. The first kappa shape index (κ1) is 68.1. The van der Waals surface area contributed by atoms with Crippen LogP contribution in [0.25, 0.3) is 0 Å². The molecule has 1 saturated heterocycles. The fourth-order valence-corrected chi connectivity index (χ4v) is 11.4. The molecule has 2 bridgehead atoms. The van der Waals surface area contributed by atoms with Crippen LogP contribution in [0.15, 0.2) is 41.4 Å². The van der Waals surface area contributed by atoms with E-state index in [0.717, 1.165) is 55.2 Å². The molecule has 2 aliphatic rings. The van der Waals surface area contributed by atoms with Gasteiger partial charge in [0.05, 0.1) is 37.4 Å². The van der Waals surface area contributed by atoms with Gasteiger partial charge in [-0.15, -0.1) is 0 Å². The summed E-state index contributed by atoms with van der Waals surface area (Å²) < 4.78 is 58.9. The van der Waals surface area contributed by atoms with Gasteiger partial charge in [0, 0.05) is 31.4 Å². The Bertz CT molecular complexity index is 2070. The summed E-state index contributed by atoms with van der Waals surface area (Å²) in [6.45, 7) is 3.81. The van der Waals surface area contributed by atoms with Gasteiger partial charge in [0.2, 0.25) is 0 Å². The van der Waals surface area contributed by atoms with Gasteiger partial charge in [0.25, 0.3) is 0 Å². The van der Waals surface area contributed by atoms with Crippen LogP contribution in [0.2, 0.25) is 0 Å². The number of allylic oxidation sites excluding steroid dienone is 2. The number of phosphoric ester groups is 2. The van der Waals surface area contributed by atoms with Gasteiger partial charge in [-0.05, 0) is 44.1 Å². The number of carbonyl (C=O) groups is 3. The number of nitrogens with zero attached hydrogens (tertiary/aromatic N) is 2. The van der Waals surface area contributed by atoms with E-state index < -0.39 is 120 Å². The summed E-state index contributed by atoms with van der Waals surface area (Å²) in [6, 6.07) is 1.22. The highest BCUT2D eigenvalue weighted by atomic mass is 31.3. The Kier molecular flexibility index (Phi) is 33.3. The summed E-state index contributed by atoms with van der Waals surface area (Å²) in [5.41, 5.74) is 4.73. The fourth-order valence-electron chi connectivity index (χ4n) is 9.31. The number of nitrogens with two attached hydrogens (primary N) is 1. The van der Waals surface area contributed by atoms with Crippen molar-refractivity contribution in [2.24, 2.45) is 17.8 Å². The molecule has 11 atom stereocenters. The zero-order valence-corrected chi connectivity index (χ0v) is 47.7. The molecule has 23 heteroatoms. The first-order chi connectivity index (χ1) is 36.7. The number of hydrogen-bond acceptors (Lipinski definition) is 18. The van der Waals surface area contributed by atoms with Crippen molar-refractivity contribution in [2.45, 2.75) is 237 Å². The third-order valence-electron chi connectivity index (χ3n) is 13.8. The standard InChI is InChI=1S/C54H93N3O18P2/c1-4-5-22-28-41(58)32-33-43-45(59)36-46(60)44-29-24-20-21-26-31-50(62)73-42(37-70-49(61)30-25-19-17-15-13-11-9-7-6-8-10-12-14-16-18-23-27-40(2)3)38-71-76(66,67)75-77(68,69)72-39-47(52(64)51(43)63)74-53(44)57-35-34-48(55)56-54(57)65/h20,24,32-35,40-45,47,51-53,58-59,63-64H,4-19,21-23,25-31,36-39H2,1-3H3,(H,66,67)(H,68,69)(H2,55,56,65)/t41-,42+,43-,44-,45+,47+,51-,52+,53+/m0/s1. The minimum Gasteiger partial charge on any atom is -0.462 e. The van der Waals surface area contributed by atoms with Crippen molar-refractivity contribution in [2.75, 3.05) is 25.6 Å². The largest absolute Gasteiger partial charge is 0.481 e. The quantitative estimate of drug-likeness (QED) is 0.0178. The number of fused-ring (bicyclic) bond motifs is 3. The van der Waals surface area contributed by atoms with Gasteiger partial charge in [0.15, 0.2) is 6.10 Å². The number of aliphatic hydroxyl groups is 4. The Hall–Kier alpha value is -3.17. The maximum Gasteiger partial charge on any atom is 0.481 e. The molecule has 3 rings (SSSR count). The number of phosphoric acid groups is 2. The lowest BCUT2D eigenvalue weighted by molar-refractivity contribution is -0.183. The number of hydrogen-bond donors (Lipinski definition) is 7. The first-order valence-electron chi connectivity index (χ1n) is 28.3. The maximum absolute atomic E-state index is 14.3. The summed E-state index contributed by atoms with van der Waals surface area (Å²) >= 11 is 0. The Morgan fingerprint density at radius 2 is 1.42 bits per heavy atom. The SMILES string of the molecule is CCCCC[C@H](O)C=C[C@@H]1[C@H](O)[C@H](O)[C@H]2COP(=O)(O)OP(=O)(O)OC[C@@H](COC(=O)CCCCCCCCCCCCCCCCCCC(C)C)OC(=O)CCCC=CC[C@@H](C(=O)C[C@H]1O)[C@H](n1ccc(N)nc1=O)O2. The van der Waals surface area contributed by atoms with Crippen molar-refractivity contribution in [3.05, 3.63) is 47.1 Å². The molecule has 0 aromatic carbocycles. The van der Waals surface area contributed by atoms with E-state index in [0.29, 0.717) is 19.3 Å². The zero-order chi connectivity index (χ0) is 56.6. The van der Waals surface area contributed by atoms with Crippen LogP contribution in [0, 0.1) is 17.8 Å². The number of anilines is 1. The van der Waals surface area contributed by atoms with Gasteiger partial charge in [-0.2, -0.15) is 9.29 Å². The van der Waals surface area contributed by atoms with Gasteiger partial charge >= 0.3 is 33.3 Å². The van der Waals surface area contributed by atoms with Gasteiger partial charge in [-0.1, -0.05) is 167 Å². The van der Waals surface area contributed by atoms with Crippen molar-refractivity contribution < 1.29 is 81.3 Å². The maximum atomic E-state index is 14.3. The van der Waals surface area contributed by atoms with Crippen molar-refractivity contribution in [3.8, 4) is 0 Å². The Morgan fingerprint density at radius 3 is 2.01 bits per heavy atom. The molecule has 0 aliphatic carbocycles. The molecule has 0 spiro atoms. The molecule has 21 nitrogen and oxygen atoms in total. The van der Waals surface area contributed by atoms with Crippen molar-refractivity contribution in [3.63, 3.8) is 0 Å². The normalized spacial score (nSPS) is 28.1. The van der Waals surface area contributed by atoms with Crippen LogP contribution in [-0.4, -0.2) is 114 Å². The summed E-state index contributed by atoms with van der Waals surface area (Å²) in [4.78, 5) is 78.5. The van der Waals surface area contributed by atoms with Gasteiger partial charge in [-0.3, -0.25) is 28.0 Å². The van der Waals surface area contributed by atoms with Crippen LogP contribution in [0.4, 0.5) is 5.82 Å². The average molecular weight is 1130 g/mol. The second-order valence-electron chi connectivity index (χ2n) is 21.1. The highest BCUT2D eigenvalue weighted by Gasteiger charge is 2.45. The smallest absolute Gasteiger partial charge is 0.462 e. The molecule has 3 heterocycles. The minimum atomic E-state index is -5.72. The number of aromatic nitrogens is 2. The zero-order valence-electron chi connectivity index (χ0n) is 45.9. The molecule has 8 N–H and O–H groups in total. The Morgan fingerprint density at radius 1 is 0.831 bits per heavy atom. The topological polar surface area (TPSA) is 323 Å². The number of cyclic esters (lactones) is 1. The van der Waals surface area contributed by atoms with E-state index in [4.69, 9.17) is 29.0 Å². The fraction of sp³-hybridized carbons (Fsp3) is 0.796. The molecule has 442 valence electrons. The van der Waals surface area contributed by atoms with E-state index in [1.54, 1.807) is 12.2 Å². The van der Waals surface area contributed by atoms with Crippen molar-refractivity contribution in [1.29, 1.82) is 0 Å². The lowest BCUT2D eigenvalue weighted by Gasteiger charge is -2.38. The first-order valence-corrected chi connectivity index (χ1v) is 31.3. The van der Waals surface area contributed by atoms with Crippen LogP contribution < -0.4 is 11.4 Å². The number of unbranched alkanes of at least 4 members (excludes halogenated alkanes) is 17. The highest BCUT2D eigenvalue weighted by Crippen LogP contribution is 2.60.